The monoisotopic (exact) mass is 613 g/mol. The fourth-order valence-electron chi connectivity index (χ4n) is 5.97. The van der Waals surface area contributed by atoms with Crippen molar-refractivity contribution in [3.8, 4) is 23.0 Å². The number of Topliss-reactive ketones (excluding diaryl/α,β-unsaturated/α-hetero) is 1. The van der Waals surface area contributed by atoms with Crippen molar-refractivity contribution in [3.63, 3.8) is 0 Å². The highest BCUT2D eigenvalue weighted by Gasteiger charge is 2.46. The van der Waals surface area contributed by atoms with Crippen LogP contribution >= 0.6 is 0 Å². The SMILES string of the molecule is CC(C)[C@@H](C#N)CC(=O)[C@@H]1CCC(F)(F)C[C@H]1c1nn(-c2ncccc2F)cc1-c1ccc(N2CCS(=O)(=O)CC2)cc1. The van der Waals surface area contributed by atoms with Crippen molar-refractivity contribution < 1.29 is 26.4 Å². The van der Waals surface area contributed by atoms with Crippen molar-refractivity contribution in [2.45, 2.75) is 51.4 Å². The van der Waals surface area contributed by atoms with Gasteiger partial charge < -0.3 is 4.90 Å². The lowest BCUT2D eigenvalue weighted by Gasteiger charge is -2.35. The van der Waals surface area contributed by atoms with Gasteiger partial charge in [-0.05, 0) is 42.2 Å². The first-order valence-electron chi connectivity index (χ1n) is 14.4. The average Bonchev–Trinajstić information content (AvgIpc) is 3.40. The lowest BCUT2D eigenvalue weighted by atomic mass is 9.71. The predicted octanol–water partition coefficient (Wildman–Crippen LogP) is 5.58. The molecule has 2 aromatic heterocycles. The number of nitriles is 1. The van der Waals surface area contributed by atoms with Gasteiger partial charge in [-0.2, -0.15) is 10.4 Å². The van der Waals surface area contributed by atoms with Crippen LogP contribution in [-0.2, 0) is 14.6 Å². The van der Waals surface area contributed by atoms with Crippen LogP contribution in [0.2, 0.25) is 0 Å². The third kappa shape index (κ3) is 6.77. The first-order chi connectivity index (χ1) is 20.4. The van der Waals surface area contributed by atoms with Crippen molar-refractivity contribution in [1.29, 1.82) is 5.26 Å². The van der Waals surface area contributed by atoms with Crippen LogP contribution in [-0.4, -0.2) is 59.5 Å². The molecule has 5 rings (SSSR count). The zero-order valence-electron chi connectivity index (χ0n) is 24.1. The Bertz CT molecular complexity index is 1620. The minimum Gasteiger partial charge on any atom is -0.369 e. The second kappa shape index (κ2) is 12.1. The molecular weight excluding hydrogens is 579 g/mol. The fourth-order valence-corrected chi connectivity index (χ4v) is 7.17. The number of rotatable bonds is 8. The highest BCUT2D eigenvalue weighted by atomic mass is 32.2. The van der Waals surface area contributed by atoms with Gasteiger partial charge in [0.2, 0.25) is 5.92 Å². The highest BCUT2D eigenvalue weighted by Crippen LogP contribution is 2.48. The number of carbonyl (C=O) groups excluding carboxylic acids is 1. The van der Waals surface area contributed by atoms with E-state index in [9.17, 15) is 31.6 Å². The Morgan fingerprint density at radius 2 is 1.86 bits per heavy atom. The van der Waals surface area contributed by atoms with Gasteiger partial charge in [0.15, 0.2) is 21.5 Å². The Morgan fingerprint density at radius 1 is 1.16 bits per heavy atom. The van der Waals surface area contributed by atoms with Gasteiger partial charge in [0.05, 0.1) is 29.2 Å². The van der Waals surface area contributed by atoms with E-state index in [0.29, 0.717) is 24.2 Å². The molecule has 0 radical (unpaired) electrons. The molecule has 0 bridgehead atoms. The van der Waals surface area contributed by atoms with Crippen LogP contribution in [0.1, 0.15) is 51.1 Å². The second-order valence-electron chi connectivity index (χ2n) is 11.8. The van der Waals surface area contributed by atoms with Gasteiger partial charge in [-0.1, -0.05) is 26.0 Å². The first-order valence-corrected chi connectivity index (χ1v) is 16.3. The molecular formula is C31H34F3N5O3S. The molecule has 43 heavy (non-hydrogen) atoms. The predicted molar refractivity (Wildman–Crippen MR) is 156 cm³/mol. The van der Waals surface area contributed by atoms with Crippen LogP contribution in [0.3, 0.4) is 0 Å². The minimum atomic E-state index is -3.05. The van der Waals surface area contributed by atoms with Crippen LogP contribution in [0.25, 0.3) is 16.9 Å². The maximum Gasteiger partial charge on any atom is 0.248 e. The minimum absolute atomic E-state index is 0.0356. The van der Waals surface area contributed by atoms with Crippen molar-refractivity contribution in [3.05, 3.63) is 60.3 Å². The Hall–Kier alpha value is -3.72. The Balaban J connectivity index is 1.56. The number of alkyl halides is 2. The normalized spacial score (nSPS) is 22.2. The van der Waals surface area contributed by atoms with Crippen molar-refractivity contribution in [2.75, 3.05) is 29.5 Å². The molecule has 3 aromatic rings. The molecule has 12 heteroatoms. The van der Waals surface area contributed by atoms with E-state index in [1.54, 1.807) is 18.3 Å². The molecule has 3 heterocycles. The number of benzene rings is 1. The van der Waals surface area contributed by atoms with E-state index >= 15 is 0 Å². The Kier molecular flexibility index (Phi) is 8.65. The van der Waals surface area contributed by atoms with Gasteiger partial charge in [-0.3, -0.25) is 4.79 Å². The number of hydrogen-bond acceptors (Lipinski definition) is 7. The summed E-state index contributed by atoms with van der Waals surface area (Å²) in [7, 11) is -3.05. The largest absolute Gasteiger partial charge is 0.369 e. The van der Waals surface area contributed by atoms with Gasteiger partial charge in [0, 0.05) is 67.8 Å². The van der Waals surface area contributed by atoms with E-state index in [4.69, 9.17) is 0 Å². The third-order valence-corrected chi connectivity index (χ3v) is 10.2. The number of sulfone groups is 1. The van der Waals surface area contributed by atoms with Gasteiger partial charge in [0.25, 0.3) is 0 Å². The van der Waals surface area contributed by atoms with E-state index in [1.807, 2.05) is 30.9 Å². The number of carbonyl (C=O) groups is 1. The molecule has 0 spiro atoms. The van der Waals surface area contributed by atoms with Crippen LogP contribution < -0.4 is 4.90 Å². The van der Waals surface area contributed by atoms with Gasteiger partial charge in [-0.25, -0.2) is 31.3 Å². The van der Waals surface area contributed by atoms with E-state index in [-0.39, 0.29) is 47.6 Å². The summed E-state index contributed by atoms with van der Waals surface area (Å²) < 4.78 is 69.7. The summed E-state index contributed by atoms with van der Waals surface area (Å²) in [5.74, 6) is -6.23. The number of anilines is 1. The second-order valence-corrected chi connectivity index (χ2v) is 14.1. The van der Waals surface area contributed by atoms with Crippen LogP contribution in [0.4, 0.5) is 18.9 Å². The van der Waals surface area contributed by atoms with Gasteiger partial charge in [-0.15, -0.1) is 0 Å². The molecule has 2 fully saturated rings. The number of aromatic nitrogens is 3. The summed E-state index contributed by atoms with van der Waals surface area (Å²) in [6, 6.07) is 12.1. The zero-order chi connectivity index (χ0) is 30.9. The summed E-state index contributed by atoms with van der Waals surface area (Å²) in [4.78, 5) is 19.6. The van der Waals surface area contributed by atoms with Crippen molar-refractivity contribution >= 4 is 21.3 Å². The molecule has 1 saturated carbocycles. The fraction of sp³-hybridized carbons (Fsp3) is 0.484. The molecule has 1 aromatic carbocycles. The number of ketones is 1. The standard InChI is InChI=1S/C31H34F3N5O3S/c1-20(2)22(18-35)16-28(40)24-9-10-31(33,34)17-25(24)29-26(19-39(37-29)30-27(32)4-3-11-36-30)21-5-7-23(8-6-21)38-12-14-43(41,42)15-13-38/h3-8,11,19-20,22,24-25H,9-10,12-17H2,1-2H3/t22-,24-,25-/m1/s1. The summed E-state index contributed by atoms with van der Waals surface area (Å²) in [6.45, 7) is 4.43. The number of nitrogens with zero attached hydrogens (tertiary/aromatic N) is 5. The van der Waals surface area contributed by atoms with E-state index in [0.717, 1.165) is 5.69 Å². The molecule has 1 aliphatic heterocycles. The summed E-state index contributed by atoms with van der Waals surface area (Å²) >= 11 is 0. The quantitative estimate of drug-likeness (QED) is 0.326. The number of halogens is 3. The Labute approximate surface area is 249 Å². The van der Waals surface area contributed by atoms with E-state index in [1.165, 1.54) is 23.0 Å². The smallest absolute Gasteiger partial charge is 0.248 e. The third-order valence-electron chi connectivity index (χ3n) is 8.57. The van der Waals surface area contributed by atoms with Gasteiger partial charge in [0.1, 0.15) is 5.78 Å². The first kappa shape index (κ1) is 30.7. The van der Waals surface area contributed by atoms with Crippen LogP contribution in [0.5, 0.6) is 0 Å². The van der Waals surface area contributed by atoms with E-state index < -0.39 is 52.2 Å². The summed E-state index contributed by atoms with van der Waals surface area (Å²) in [5, 5.41) is 14.2. The van der Waals surface area contributed by atoms with Crippen molar-refractivity contribution in [1.82, 2.24) is 14.8 Å². The van der Waals surface area contributed by atoms with Crippen LogP contribution in [0, 0.1) is 34.9 Å². The highest BCUT2D eigenvalue weighted by molar-refractivity contribution is 7.91. The van der Waals surface area contributed by atoms with Crippen molar-refractivity contribution in [2.24, 2.45) is 17.8 Å². The van der Waals surface area contributed by atoms with E-state index in [2.05, 4.69) is 16.2 Å². The van der Waals surface area contributed by atoms with Crippen LogP contribution in [0.15, 0.2) is 48.8 Å². The Morgan fingerprint density at radius 3 is 2.49 bits per heavy atom. The average molecular weight is 614 g/mol. The molecule has 1 saturated heterocycles. The molecule has 8 nitrogen and oxygen atoms in total. The number of pyridine rings is 1. The zero-order valence-corrected chi connectivity index (χ0v) is 24.9. The number of hydrogen-bond donors (Lipinski definition) is 0. The molecule has 0 unspecified atom stereocenters. The maximum absolute atomic E-state index is 15.0. The maximum atomic E-state index is 15.0. The molecule has 2 aliphatic rings. The van der Waals surface area contributed by atoms with Gasteiger partial charge >= 0.3 is 0 Å². The summed E-state index contributed by atoms with van der Waals surface area (Å²) in [6.07, 6.45) is 1.83. The lowest BCUT2D eigenvalue weighted by Crippen LogP contribution is -2.40. The lowest BCUT2D eigenvalue weighted by molar-refractivity contribution is -0.129. The topological polar surface area (TPSA) is 109 Å². The summed E-state index contributed by atoms with van der Waals surface area (Å²) in [5.41, 5.74) is 2.16. The molecule has 1 aliphatic carbocycles. The molecule has 228 valence electrons. The molecule has 3 atom stereocenters. The molecule has 0 amide bonds. The molecule has 0 N–H and O–H groups in total.